The number of aryl methyl sites for hydroxylation is 2. The largest absolute Gasteiger partial charge is 0.280 e. The molecular weight excluding hydrogens is 392 g/mol. The van der Waals surface area contributed by atoms with Crippen LogP contribution in [0, 0.1) is 25.2 Å². The van der Waals surface area contributed by atoms with E-state index in [2.05, 4.69) is 10.8 Å². The van der Waals surface area contributed by atoms with Crippen LogP contribution in [-0.4, -0.2) is 8.42 Å². The fourth-order valence-corrected chi connectivity index (χ4v) is 4.31. The highest BCUT2D eigenvalue weighted by Gasteiger charge is 2.19. The first-order valence-corrected chi connectivity index (χ1v) is 10.5. The summed E-state index contributed by atoms with van der Waals surface area (Å²) < 4.78 is 27.9. The predicted octanol–water partition coefficient (Wildman–Crippen LogP) is 5.41. The molecule has 0 amide bonds. The number of hydrogen-bond acceptors (Lipinski definition) is 3. The van der Waals surface area contributed by atoms with E-state index in [1.54, 1.807) is 30.3 Å². The Morgan fingerprint density at radius 3 is 2.29 bits per heavy atom. The second-order valence-electron chi connectivity index (χ2n) is 6.56. The number of nitrogens with zero attached hydrogens (tertiary/aromatic N) is 1. The lowest BCUT2D eigenvalue weighted by molar-refractivity contribution is 0.601. The summed E-state index contributed by atoms with van der Waals surface area (Å²) in [5, 5.41) is 9.92. The van der Waals surface area contributed by atoms with Gasteiger partial charge < -0.3 is 0 Å². The number of sulfonamides is 1. The highest BCUT2D eigenvalue weighted by atomic mass is 35.5. The van der Waals surface area contributed by atoms with E-state index in [0.717, 1.165) is 16.7 Å². The molecule has 1 N–H and O–H groups in total. The zero-order valence-electron chi connectivity index (χ0n) is 15.5. The van der Waals surface area contributed by atoms with Crippen molar-refractivity contribution in [3.05, 3.63) is 94.0 Å². The third-order valence-electron chi connectivity index (χ3n) is 4.61. The summed E-state index contributed by atoms with van der Waals surface area (Å²) >= 11 is 6.39. The zero-order chi connectivity index (χ0) is 20.3. The second-order valence-corrected chi connectivity index (χ2v) is 8.65. The van der Waals surface area contributed by atoms with Gasteiger partial charge in [-0.15, -0.1) is 0 Å². The van der Waals surface area contributed by atoms with Gasteiger partial charge in [-0.2, -0.15) is 5.26 Å². The molecule has 3 rings (SSSR count). The SMILES string of the molecule is Cc1ccc(S(=O)(=O)Nc2ccc([C@H](C#N)c3ccccc3)c(Cl)c2)cc1C. The van der Waals surface area contributed by atoms with E-state index in [1.807, 2.05) is 44.2 Å². The molecule has 0 aliphatic carbocycles. The Labute approximate surface area is 170 Å². The van der Waals surface area contributed by atoms with Gasteiger partial charge in [0.1, 0.15) is 0 Å². The molecule has 0 bridgehead atoms. The van der Waals surface area contributed by atoms with Crippen molar-refractivity contribution in [3.63, 3.8) is 0 Å². The van der Waals surface area contributed by atoms with Crippen molar-refractivity contribution in [1.82, 2.24) is 0 Å². The maximum absolute atomic E-state index is 12.7. The lowest BCUT2D eigenvalue weighted by Crippen LogP contribution is -2.13. The molecule has 1 atom stereocenters. The Morgan fingerprint density at radius 2 is 1.68 bits per heavy atom. The number of halogens is 1. The smallest absolute Gasteiger partial charge is 0.261 e. The maximum atomic E-state index is 12.7. The van der Waals surface area contributed by atoms with E-state index in [4.69, 9.17) is 11.6 Å². The summed E-state index contributed by atoms with van der Waals surface area (Å²) in [7, 11) is -3.73. The Kier molecular flexibility index (Phi) is 5.73. The van der Waals surface area contributed by atoms with Crippen molar-refractivity contribution in [3.8, 4) is 6.07 Å². The summed E-state index contributed by atoms with van der Waals surface area (Å²) in [5.74, 6) is -0.529. The van der Waals surface area contributed by atoms with Crippen LogP contribution in [0.4, 0.5) is 5.69 Å². The minimum Gasteiger partial charge on any atom is -0.280 e. The van der Waals surface area contributed by atoms with Crippen molar-refractivity contribution in [2.75, 3.05) is 4.72 Å². The molecule has 4 nitrogen and oxygen atoms in total. The number of nitrogens with one attached hydrogen (secondary N) is 1. The molecule has 0 aliphatic rings. The van der Waals surface area contributed by atoms with Gasteiger partial charge in [-0.25, -0.2) is 8.42 Å². The quantitative estimate of drug-likeness (QED) is 0.611. The molecule has 0 aliphatic heterocycles. The van der Waals surface area contributed by atoms with Gasteiger partial charge in [0.05, 0.1) is 22.6 Å². The topological polar surface area (TPSA) is 70.0 Å². The molecule has 142 valence electrons. The van der Waals surface area contributed by atoms with E-state index < -0.39 is 15.9 Å². The highest BCUT2D eigenvalue weighted by molar-refractivity contribution is 7.92. The van der Waals surface area contributed by atoms with Crippen LogP contribution in [0.3, 0.4) is 0 Å². The first-order valence-electron chi connectivity index (χ1n) is 8.66. The van der Waals surface area contributed by atoms with Crippen LogP contribution in [0.5, 0.6) is 0 Å². The van der Waals surface area contributed by atoms with Gasteiger partial charge in [0, 0.05) is 5.02 Å². The lowest BCUT2D eigenvalue weighted by atomic mass is 9.92. The number of anilines is 1. The van der Waals surface area contributed by atoms with Crippen LogP contribution >= 0.6 is 11.6 Å². The van der Waals surface area contributed by atoms with E-state index >= 15 is 0 Å². The van der Waals surface area contributed by atoms with Crippen molar-refractivity contribution < 1.29 is 8.42 Å². The molecule has 0 fully saturated rings. The van der Waals surface area contributed by atoms with Crippen LogP contribution in [-0.2, 0) is 10.0 Å². The number of hydrogen-bond donors (Lipinski definition) is 1. The maximum Gasteiger partial charge on any atom is 0.261 e. The van der Waals surface area contributed by atoms with Crippen LogP contribution < -0.4 is 4.72 Å². The molecule has 28 heavy (non-hydrogen) atoms. The molecule has 6 heteroatoms. The Bertz CT molecular complexity index is 1150. The van der Waals surface area contributed by atoms with Gasteiger partial charge >= 0.3 is 0 Å². The van der Waals surface area contributed by atoms with Crippen LogP contribution in [0.2, 0.25) is 5.02 Å². The van der Waals surface area contributed by atoms with Crippen molar-refractivity contribution in [2.24, 2.45) is 0 Å². The molecule has 3 aromatic rings. The monoisotopic (exact) mass is 410 g/mol. The summed E-state index contributed by atoms with van der Waals surface area (Å²) in [6.45, 7) is 3.79. The Hall–Kier alpha value is -2.81. The normalized spacial score (nSPS) is 12.2. The Morgan fingerprint density at radius 1 is 0.964 bits per heavy atom. The van der Waals surface area contributed by atoms with E-state index in [0.29, 0.717) is 16.3 Å². The number of rotatable bonds is 5. The Balaban J connectivity index is 1.90. The third-order valence-corrected chi connectivity index (χ3v) is 6.32. The minimum absolute atomic E-state index is 0.190. The molecular formula is C22H19ClN2O2S. The van der Waals surface area contributed by atoms with Crippen LogP contribution in [0.25, 0.3) is 0 Å². The molecule has 3 aromatic carbocycles. The van der Waals surface area contributed by atoms with E-state index in [1.165, 1.54) is 6.07 Å². The minimum atomic E-state index is -3.73. The molecule has 0 radical (unpaired) electrons. The first-order chi connectivity index (χ1) is 13.3. The van der Waals surface area contributed by atoms with Gasteiger partial charge in [-0.1, -0.05) is 54.1 Å². The fraction of sp³-hybridized carbons (Fsp3) is 0.136. The molecule has 0 unspecified atom stereocenters. The summed E-state index contributed by atoms with van der Waals surface area (Å²) in [5.41, 5.74) is 3.72. The average molecular weight is 411 g/mol. The lowest BCUT2D eigenvalue weighted by Gasteiger charge is -2.14. The summed E-state index contributed by atoms with van der Waals surface area (Å²) in [4.78, 5) is 0.190. The molecule has 0 spiro atoms. The average Bonchev–Trinajstić information content (AvgIpc) is 2.66. The standard InChI is InChI=1S/C22H19ClN2O2S/c1-15-8-10-19(12-16(15)2)28(26,27)25-18-9-11-20(22(23)13-18)21(14-24)17-6-4-3-5-7-17/h3-13,21,25H,1-2H3/t21-/m1/s1. The zero-order valence-corrected chi connectivity index (χ0v) is 17.1. The van der Waals surface area contributed by atoms with Crippen molar-refractivity contribution in [2.45, 2.75) is 24.7 Å². The molecule has 0 saturated carbocycles. The predicted molar refractivity (Wildman–Crippen MR) is 112 cm³/mol. The number of nitriles is 1. The van der Waals surface area contributed by atoms with Crippen LogP contribution in [0.1, 0.15) is 28.2 Å². The number of benzene rings is 3. The molecule has 0 heterocycles. The van der Waals surface area contributed by atoms with Crippen molar-refractivity contribution in [1.29, 1.82) is 5.26 Å². The molecule has 0 saturated heterocycles. The third kappa shape index (κ3) is 4.19. The van der Waals surface area contributed by atoms with E-state index in [9.17, 15) is 13.7 Å². The van der Waals surface area contributed by atoms with Gasteiger partial charge in [0.2, 0.25) is 0 Å². The first kappa shape index (κ1) is 19.9. The van der Waals surface area contributed by atoms with E-state index in [-0.39, 0.29) is 4.90 Å². The van der Waals surface area contributed by atoms with Crippen molar-refractivity contribution >= 4 is 27.3 Å². The van der Waals surface area contributed by atoms with Gasteiger partial charge in [-0.05, 0) is 60.4 Å². The fourth-order valence-electron chi connectivity index (χ4n) is 2.89. The van der Waals surface area contributed by atoms with Gasteiger partial charge in [-0.3, -0.25) is 4.72 Å². The van der Waals surface area contributed by atoms with Gasteiger partial charge in [0.15, 0.2) is 0 Å². The summed E-state index contributed by atoms with van der Waals surface area (Å²) in [6.07, 6.45) is 0. The molecule has 0 aromatic heterocycles. The van der Waals surface area contributed by atoms with Gasteiger partial charge in [0.25, 0.3) is 10.0 Å². The van der Waals surface area contributed by atoms with Crippen LogP contribution in [0.15, 0.2) is 71.6 Å². The summed E-state index contributed by atoms with van der Waals surface area (Å²) in [6, 6.07) is 21.4. The second kappa shape index (κ2) is 8.05. The highest BCUT2D eigenvalue weighted by Crippen LogP contribution is 2.32.